The maximum atomic E-state index is 6.08. The van der Waals surface area contributed by atoms with Crippen LogP contribution in [0, 0.1) is 11.3 Å². The van der Waals surface area contributed by atoms with Crippen LogP contribution in [0.3, 0.4) is 0 Å². The molecule has 2 nitrogen and oxygen atoms in total. The molecule has 1 aliphatic carbocycles. The van der Waals surface area contributed by atoms with E-state index in [0.29, 0.717) is 0 Å². The van der Waals surface area contributed by atoms with Gasteiger partial charge in [-0.1, -0.05) is 19.3 Å². The number of rotatable bonds is 1. The van der Waals surface area contributed by atoms with Crippen molar-refractivity contribution in [3.63, 3.8) is 0 Å². The van der Waals surface area contributed by atoms with Gasteiger partial charge in [0, 0.05) is 0 Å². The normalized spacial score (nSPS) is 18.4. The standard InChI is InChI=1S/C7H15N.C2H5N/c8-6-7-4-2-1-3-5-7;1-2-3/h7H,1-6,8H2;2-3H,1H3. The van der Waals surface area contributed by atoms with Gasteiger partial charge in [0.1, 0.15) is 0 Å². The molecular formula is C9H20N2. The molecule has 0 aromatic heterocycles. The van der Waals surface area contributed by atoms with E-state index in [1.807, 2.05) is 0 Å². The SMILES string of the molecule is CC=N.NCC1CCCCC1. The second kappa shape index (κ2) is 7.73. The highest BCUT2D eigenvalue weighted by molar-refractivity contribution is 5.48. The van der Waals surface area contributed by atoms with Gasteiger partial charge in [-0.05, 0) is 38.4 Å². The Hall–Kier alpha value is -0.370. The van der Waals surface area contributed by atoms with Gasteiger partial charge < -0.3 is 11.1 Å². The van der Waals surface area contributed by atoms with E-state index >= 15 is 0 Å². The third-order valence-corrected chi connectivity index (χ3v) is 2.06. The van der Waals surface area contributed by atoms with Gasteiger partial charge >= 0.3 is 0 Å². The minimum absolute atomic E-state index is 0.865. The van der Waals surface area contributed by atoms with Crippen LogP contribution < -0.4 is 5.73 Å². The van der Waals surface area contributed by atoms with Crippen molar-refractivity contribution in [2.24, 2.45) is 11.7 Å². The van der Waals surface area contributed by atoms with E-state index in [4.69, 9.17) is 11.1 Å². The fourth-order valence-electron chi connectivity index (χ4n) is 1.42. The van der Waals surface area contributed by atoms with Gasteiger partial charge in [0.15, 0.2) is 0 Å². The Morgan fingerprint density at radius 3 is 2.09 bits per heavy atom. The first-order valence-corrected chi connectivity index (χ1v) is 4.50. The lowest BCUT2D eigenvalue weighted by atomic mass is 9.90. The van der Waals surface area contributed by atoms with E-state index in [0.717, 1.165) is 12.5 Å². The third-order valence-electron chi connectivity index (χ3n) is 2.06. The summed E-state index contributed by atoms with van der Waals surface area (Å²) in [7, 11) is 0. The van der Waals surface area contributed by atoms with Crippen molar-refractivity contribution in [1.29, 1.82) is 5.41 Å². The summed E-state index contributed by atoms with van der Waals surface area (Å²) in [6.45, 7) is 2.58. The minimum atomic E-state index is 0.865. The summed E-state index contributed by atoms with van der Waals surface area (Å²) in [5.41, 5.74) is 5.50. The molecule has 0 aromatic carbocycles. The van der Waals surface area contributed by atoms with Crippen molar-refractivity contribution in [3.05, 3.63) is 0 Å². The van der Waals surface area contributed by atoms with Crippen molar-refractivity contribution >= 4 is 6.21 Å². The number of nitrogens with one attached hydrogen (secondary N) is 1. The van der Waals surface area contributed by atoms with Crippen LogP contribution in [0.5, 0.6) is 0 Å². The number of nitrogens with two attached hydrogens (primary N) is 1. The number of hydrogen-bond acceptors (Lipinski definition) is 2. The first kappa shape index (κ1) is 10.6. The summed E-state index contributed by atoms with van der Waals surface area (Å²) in [6.07, 6.45) is 8.30. The molecule has 0 amide bonds. The van der Waals surface area contributed by atoms with Crippen LogP contribution >= 0.6 is 0 Å². The van der Waals surface area contributed by atoms with Crippen LogP contribution in [0.4, 0.5) is 0 Å². The van der Waals surface area contributed by atoms with Crippen LogP contribution in [-0.4, -0.2) is 12.8 Å². The quantitative estimate of drug-likeness (QED) is 0.562. The van der Waals surface area contributed by atoms with Gasteiger partial charge in [-0.15, -0.1) is 0 Å². The summed E-state index contributed by atoms with van der Waals surface area (Å²) in [5.74, 6) is 0.865. The monoisotopic (exact) mass is 156 g/mol. The minimum Gasteiger partial charge on any atom is -0.330 e. The summed E-state index contributed by atoms with van der Waals surface area (Å²) in [4.78, 5) is 0. The number of hydrogen-bond donors (Lipinski definition) is 2. The Labute approximate surface area is 69.7 Å². The average molecular weight is 156 g/mol. The second-order valence-electron chi connectivity index (χ2n) is 3.03. The molecule has 0 atom stereocenters. The largest absolute Gasteiger partial charge is 0.330 e. The average Bonchev–Trinajstić information content (AvgIpc) is 2.08. The molecule has 3 N–H and O–H groups in total. The highest BCUT2D eigenvalue weighted by Gasteiger charge is 2.09. The Morgan fingerprint density at radius 1 is 1.36 bits per heavy atom. The van der Waals surface area contributed by atoms with E-state index in [-0.39, 0.29) is 0 Å². The van der Waals surface area contributed by atoms with Crippen molar-refractivity contribution in [2.75, 3.05) is 6.54 Å². The molecule has 1 fully saturated rings. The van der Waals surface area contributed by atoms with Crippen LogP contribution in [0.25, 0.3) is 0 Å². The molecule has 11 heavy (non-hydrogen) atoms. The van der Waals surface area contributed by atoms with Crippen LogP contribution in [0.15, 0.2) is 0 Å². The lowest BCUT2D eigenvalue weighted by molar-refractivity contribution is 0.366. The Balaban J connectivity index is 0.000000292. The molecule has 0 radical (unpaired) electrons. The molecule has 0 aliphatic heterocycles. The van der Waals surface area contributed by atoms with E-state index < -0.39 is 0 Å². The van der Waals surface area contributed by atoms with Gasteiger partial charge in [-0.25, -0.2) is 0 Å². The Kier molecular flexibility index (Phi) is 7.47. The van der Waals surface area contributed by atoms with E-state index in [9.17, 15) is 0 Å². The van der Waals surface area contributed by atoms with Crippen molar-refractivity contribution in [2.45, 2.75) is 39.0 Å². The molecule has 1 aliphatic rings. The highest BCUT2D eigenvalue weighted by Crippen LogP contribution is 2.21. The topological polar surface area (TPSA) is 49.9 Å². The molecule has 0 spiro atoms. The molecule has 1 rings (SSSR count). The van der Waals surface area contributed by atoms with Gasteiger partial charge in [-0.3, -0.25) is 0 Å². The summed E-state index contributed by atoms with van der Waals surface area (Å²) in [6, 6.07) is 0. The molecular weight excluding hydrogens is 136 g/mol. The summed E-state index contributed by atoms with van der Waals surface area (Å²) < 4.78 is 0. The molecule has 0 heterocycles. The summed E-state index contributed by atoms with van der Waals surface area (Å²) in [5, 5.41) is 6.08. The second-order valence-corrected chi connectivity index (χ2v) is 3.03. The Morgan fingerprint density at radius 2 is 1.82 bits per heavy atom. The van der Waals surface area contributed by atoms with Gasteiger partial charge in [-0.2, -0.15) is 0 Å². The molecule has 2 heteroatoms. The van der Waals surface area contributed by atoms with Gasteiger partial charge in [0.05, 0.1) is 0 Å². The van der Waals surface area contributed by atoms with Gasteiger partial charge in [0.2, 0.25) is 0 Å². The lowest BCUT2D eigenvalue weighted by Crippen LogP contribution is -2.16. The predicted molar refractivity (Wildman–Crippen MR) is 50.1 cm³/mol. The van der Waals surface area contributed by atoms with Crippen LogP contribution in [-0.2, 0) is 0 Å². The maximum absolute atomic E-state index is 6.08. The van der Waals surface area contributed by atoms with E-state index in [1.54, 1.807) is 6.92 Å². The fraction of sp³-hybridized carbons (Fsp3) is 0.889. The fourth-order valence-corrected chi connectivity index (χ4v) is 1.42. The lowest BCUT2D eigenvalue weighted by Gasteiger charge is -2.18. The van der Waals surface area contributed by atoms with Crippen molar-refractivity contribution < 1.29 is 0 Å². The first-order valence-electron chi connectivity index (χ1n) is 4.50. The predicted octanol–water partition coefficient (Wildman–Crippen LogP) is 2.18. The molecule has 0 bridgehead atoms. The molecule has 0 saturated heterocycles. The van der Waals surface area contributed by atoms with E-state index in [1.165, 1.54) is 38.3 Å². The highest BCUT2D eigenvalue weighted by atomic mass is 14.5. The Bertz CT molecular complexity index is 85.6. The summed E-state index contributed by atoms with van der Waals surface area (Å²) >= 11 is 0. The van der Waals surface area contributed by atoms with E-state index in [2.05, 4.69) is 0 Å². The maximum Gasteiger partial charge on any atom is -0.00489 e. The third kappa shape index (κ3) is 6.05. The first-order chi connectivity index (χ1) is 5.35. The molecule has 0 aromatic rings. The smallest absolute Gasteiger partial charge is 0.00489 e. The molecule has 66 valence electrons. The van der Waals surface area contributed by atoms with Gasteiger partial charge in [0.25, 0.3) is 0 Å². The van der Waals surface area contributed by atoms with Crippen LogP contribution in [0.1, 0.15) is 39.0 Å². The molecule has 0 unspecified atom stereocenters. The zero-order valence-electron chi connectivity index (χ0n) is 7.47. The van der Waals surface area contributed by atoms with Crippen LogP contribution in [0.2, 0.25) is 0 Å². The molecule has 1 saturated carbocycles. The van der Waals surface area contributed by atoms with Crippen molar-refractivity contribution in [3.8, 4) is 0 Å². The van der Waals surface area contributed by atoms with Crippen molar-refractivity contribution in [1.82, 2.24) is 0 Å². The zero-order chi connectivity index (χ0) is 8.53. The zero-order valence-corrected chi connectivity index (χ0v) is 7.47.